The van der Waals surface area contributed by atoms with Crippen LogP contribution in [-0.4, -0.2) is 43.8 Å². The Hall–Kier alpha value is -0.610. The molecule has 4 heteroatoms. The molecule has 1 aromatic rings. The van der Waals surface area contributed by atoms with Crippen LogP contribution < -0.4 is 5.32 Å². The van der Waals surface area contributed by atoms with E-state index >= 15 is 0 Å². The lowest BCUT2D eigenvalue weighted by Crippen LogP contribution is -2.47. The van der Waals surface area contributed by atoms with Gasteiger partial charge in [0.05, 0.1) is 12.7 Å². The van der Waals surface area contributed by atoms with Crippen LogP contribution in [0.15, 0.2) is 24.3 Å². The van der Waals surface area contributed by atoms with Crippen LogP contribution in [0.25, 0.3) is 0 Å². The first-order chi connectivity index (χ1) is 10.1. The zero-order valence-corrected chi connectivity index (χ0v) is 14.1. The molecule has 1 fully saturated rings. The minimum atomic E-state index is 0.239. The van der Waals surface area contributed by atoms with Gasteiger partial charge >= 0.3 is 0 Å². The van der Waals surface area contributed by atoms with Crippen molar-refractivity contribution in [3.63, 3.8) is 0 Å². The molecule has 1 saturated heterocycles. The molecule has 0 bridgehead atoms. The van der Waals surface area contributed by atoms with Crippen molar-refractivity contribution in [2.45, 2.75) is 32.9 Å². The number of hydrogen-bond donors (Lipinski definition) is 1. The van der Waals surface area contributed by atoms with Crippen LogP contribution in [0.5, 0.6) is 0 Å². The maximum Gasteiger partial charge on any atom is 0.0826 e. The molecule has 1 aliphatic rings. The number of nitrogens with zero attached hydrogens (tertiary/aromatic N) is 1. The zero-order chi connectivity index (χ0) is 15.2. The Kier molecular flexibility index (Phi) is 6.49. The highest BCUT2D eigenvalue weighted by molar-refractivity contribution is 6.31. The van der Waals surface area contributed by atoms with Crippen LogP contribution in [0.3, 0.4) is 0 Å². The number of hydrogen-bond acceptors (Lipinski definition) is 3. The summed E-state index contributed by atoms with van der Waals surface area (Å²) in [7, 11) is 0. The van der Waals surface area contributed by atoms with E-state index in [2.05, 4.69) is 37.1 Å². The van der Waals surface area contributed by atoms with Crippen molar-refractivity contribution in [2.75, 3.05) is 32.8 Å². The van der Waals surface area contributed by atoms with Crippen molar-refractivity contribution < 1.29 is 4.74 Å². The molecule has 3 nitrogen and oxygen atoms in total. The van der Waals surface area contributed by atoms with E-state index in [1.54, 1.807) is 0 Å². The summed E-state index contributed by atoms with van der Waals surface area (Å²) in [6.45, 7) is 11.6. The first-order valence-electron chi connectivity index (χ1n) is 7.88. The lowest BCUT2D eigenvalue weighted by molar-refractivity contribution is -0.0311. The van der Waals surface area contributed by atoms with E-state index < -0.39 is 0 Å². The van der Waals surface area contributed by atoms with Crippen molar-refractivity contribution in [1.29, 1.82) is 0 Å². The second-order valence-corrected chi connectivity index (χ2v) is 6.70. The number of morpholine rings is 1. The standard InChI is InChI=1S/C17H27ClN2O/c1-13(2)11-20-8-9-21-15(12-20)10-19-14(3)16-6-4-5-7-17(16)18/h4-7,13-15,19H,8-12H2,1-3H3. The molecule has 0 spiro atoms. The molecular formula is C17H27ClN2O. The molecule has 0 aliphatic carbocycles. The number of nitrogens with one attached hydrogen (secondary N) is 1. The largest absolute Gasteiger partial charge is 0.374 e. The van der Waals surface area contributed by atoms with Gasteiger partial charge < -0.3 is 10.1 Å². The number of rotatable bonds is 6. The fraction of sp³-hybridized carbons (Fsp3) is 0.647. The smallest absolute Gasteiger partial charge is 0.0826 e. The maximum absolute atomic E-state index is 6.24. The van der Waals surface area contributed by atoms with Crippen molar-refractivity contribution >= 4 is 11.6 Å². The molecule has 118 valence electrons. The van der Waals surface area contributed by atoms with E-state index in [9.17, 15) is 0 Å². The summed E-state index contributed by atoms with van der Waals surface area (Å²) >= 11 is 6.24. The van der Waals surface area contributed by atoms with E-state index in [4.69, 9.17) is 16.3 Å². The van der Waals surface area contributed by atoms with E-state index in [1.165, 1.54) is 0 Å². The Morgan fingerprint density at radius 2 is 2.10 bits per heavy atom. The fourth-order valence-corrected chi connectivity index (χ4v) is 3.13. The Labute approximate surface area is 133 Å². The minimum absolute atomic E-state index is 0.239. The summed E-state index contributed by atoms with van der Waals surface area (Å²) in [6.07, 6.45) is 0.266. The summed E-state index contributed by atoms with van der Waals surface area (Å²) < 4.78 is 5.87. The third-order valence-corrected chi connectivity index (χ3v) is 4.21. The quantitative estimate of drug-likeness (QED) is 0.872. The molecule has 0 saturated carbocycles. The van der Waals surface area contributed by atoms with Crippen molar-refractivity contribution in [2.24, 2.45) is 5.92 Å². The predicted molar refractivity (Wildman–Crippen MR) is 88.9 cm³/mol. The average molecular weight is 311 g/mol. The predicted octanol–water partition coefficient (Wildman–Crippen LogP) is 3.35. The summed E-state index contributed by atoms with van der Waals surface area (Å²) in [4.78, 5) is 2.50. The van der Waals surface area contributed by atoms with Crippen molar-refractivity contribution in [3.05, 3.63) is 34.9 Å². The van der Waals surface area contributed by atoms with Crippen molar-refractivity contribution in [1.82, 2.24) is 10.2 Å². The normalized spacial score (nSPS) is 21.7. The highest BCUT2D eigenvalue weighted by Crippen LogP contribution is 2.22. The number of ether oxygens (including phenoxy) is 1. The molecule has 0 amide bonds. The third kappa shape index (κ3) is 5.26. The highest BCUT2D eigenvalue weighted by atomic mass is 35.5. The van der Waals surface area contributed by atoms with Gasteiger partial charge in [-0.1, -0.05) is 43.6 Å². The van der Waals surface area contributed by atoms with Gasteiger partial charge in [-0.3, -0.25) is 4.90 Å². The maximum atomic E-state index is 6.24. The summed E-state index contributed by atoms with van der Waals surface area (Å²) in [6, 6.07) is 8.25. The zero-order valence-electron chi connectivity index (χ0n) is 13.3. The van der Waals surface area contributed by atoms with E-state index in [0.29, 0.717) is 5.92 Å². The summed E-state index contributed by atoms with van der Waals surface area (Å²) in [5, 5.41) is 4.37. The van der Waals surface area contributed by atoms with Crippen LogP contribution >= 0.6 is 11.6 Å². The first kappa shape index (κ1) is 16.8. The van der Waals surface area contributed by atoms with E-state index in [1.807, 2.05) is 18.2 Å². The van der Waals surface area contributed by atoms with E-state index in [-0.39, 0.29) is 12.1 Å². The SMILES string of the molecule is CC(C)CN1CCOC(CNC(C)c2ccccc2Cl)C1. The van der Waals surface area contributed by atoms with Gasteiger partial charge in [0.2, 0.25) is 0 Å². The molecule has 0 aromatic heterocycles. The second-order valence-electron chi connectivity index (χ2n) is 6.30. The van der Waals surface area contributed by atoms with Crippen LogP contribution in [0.2, 0.25) is 5.02 Å². The highest BCUT2D eigenvalue weighted by Gasteiger charge is 2.21. The molecule has 0 radical (unpaired) electrons. The fourth-order valence-electron chi connectivity index (χ4n) is 2.83. The molecule has 1 heterocycles. The third-order valence-electron chi connectivity index (χ3n) is 3.87. The number of halogens is 1. The van der Waals surface area contributed by atoms with Crippen LogP contribution in [-0.2, 0) is 4.74 Å². The van der Waals surface area contributed by atoms with Gasteiger partial charge in [0, 0.05) is 37.2 Å². The van der Waals surface area contributed by atoms with Gasteiger partial charge in [-0.25, -0.2) is 0 Å². The monoisotopic (exact) mass is 310 g/mol. The molecule has 2 atom stereocenters. The lowest BCUT2D eigenvalue weighted by Gasteiger charge is -2.34. The van der Waals surface area contributed by atoms with Gasteiger partial charge in [-0.2, -0.15) is 0 Å². The average Bonchev–Trinajstić information content (AvgIpc) is 2.45. The first-order valence-corrected chi connectivity index (χ1v) is 8.26. The van der Waals surface area contributed by atoms with Gasteiger partial charge in [0.1, 0.15) is 0 Å². The Morgan fingerprint density at radius 1 is 1.33 bits per heavy atom. The van der Waals surface area contributed by atoms with E-state index in [0.717, 1.165) is 43.4 Å². The topological polar surface area (TPSA) is 24.5 Å². The molecule has 21 heavy (non-hydrogen) atoms. The number of benzene rings is 1. The molecular weight excluding hydrogens is 284 g/mol. The van der Waals surface area contributed by atoms with Gasteiger partial charge in [-0.05, 0) is 24.5 Å². The van der Waals surface area contributed by atoms with Crippen LogP contribution in [0.4, 0.5) is 0 Å². The molecule has 2 rings (SSSR count). The van der Waals surface area contributed by atoms with Gasteiger partial charge in [0.15, 0.2) is 0 Å². The Balaban J connectivity index is 1.81. The van der Waals surface area contributed by atoms with Gasteiger partial charge in [-0.15, -0.1) is 0 Å². The molecule has 1 aliphatic heterocycles. The summed E-state index contributed by atoms with van der Waals surface area (Å²) in [5.74, 6) is 0.707. The lowest BCUT2D eigenvalue weighted by atomic mass is 10.1. The molecule has 1 aromatic carbocycles. The van der Waals surface area contributed by atoms with Crippen molar-refractivity contribution in [3.8, 4) is 0 Å². The van der Waals surface area contributed by atoms with Crippen LogP contribution in [0, 0.1) is 5.92 Å². The molecule has 1 N–H and O–H groups in total. The van der Waals surface area contributed by atoms with Crippen LogP contribution in [0.1, 0.15) is 32.4 Å². The summed E-state index contributed by atoms with van der Waals surface area (Å²) in [5.41, 5.74) is 1.15. The Morgan fingerprint density at radius 3 is 2.81 bits per heavy atom. The molecule has 2 unspecified atom stereocenters. The minimum Gasteiger partial charge on any atom is -0.374 e. The Bertz CT molecular complexity index is 439. The second kappa shape index (κ2) is 8.14. The van der Waals surface area contributed by atoms with Gasteiger partial charge in [0.25, 0.3) is 0 Å².